The van der Waals surface area contributed by atoms with Crippen molar-refractivity contribution in [2.45, 2.75) is 5.92 Å². The fourth-order valence-corrected chi connectivity index (χ4v) is 4.37. The molecule has 6 nitrogen and oxygen atoms in total. The summed E-state index contributed by atoms with van der Waals surface area (Å²) in [7, 11) is 0. The first-order valence-electron chi connectivity index (χ1n) is 10.8. The van der Waals surface area contributed by atoms with Gasteiger partial charge < -0.3 is 15.6 Å². The maximum Gasteiger partial charge on any atom is 0.321 e. The Hall–Kier alpha value is -4.06. The SMILES string of the molecule is O=C1NCCN(C(=O)NCC(c2ccccc2)c2c[nH]c3ccccc23)c2ccccc21. The molecule has 1 unspecified atom stereocenters. The third-order valence-corrected chi connectivity index (χ3v) is 5.96. The Labute approximate surface area is 186 Å². The highest BCUT2D eigenvalue weighted by Crippen LogP contribution is 2.30. The molecule has 0 radical (unpaired) electrons. The summed E-state index contributed by atoms with van der Waals surface area (Å²) in [4.78, 5) is 30.6. The smallest absolute Gasteiger partial charge is 0.321 e. The topological polar surface area (TPSA) is 77.2 Å². The minimum atomic E-state index is -0.213. The molecule has 2 heterocycles. The van der Waals surface area contributed by atoms with Gasteiger partial charge in [-0.05, 0) is 29.3 Å². The standard InChI is InChI=1S/C26H24N4O2/c31-25-20-11-5-7-13-24(20)30(15-14-27-25)26(32)29-16-21(18-8-2-1-3-9-18)22-17-28-23-12-6-4-10-19(22)23/h1-13,17,21,28H,14-16H2,(H,27,31)(H,29,32). The first kappa shape index (κ1) is 19.9. The highest BCUT2D eigenvalue weighted by molar-refractivity contribution is 6.05. The highest BCUT2D eigenvalue weighted by atomic mass is 16.2. The van der Waals surface area contributed by atoms with Crippen LogP contribution in [0.4, 0.5) is 10.5 Å². The van der Waals surface area contributed by atoms with Gasteiger partial charge in [0.15, 0.2) is 0 Å². The number of carbonyl (C=O) groups excluding carboxylic acids is 2. The summed E-state index contributed by atoms with van der Waals surface area (Å²) in [6.45, 7) is 1.26. The van der Waals surface area contributed by atoms with E-state index >= 15 is 0 Å². The van der Waals surface area contributed by atoms with Gasteiger partial charge in [-0.3, -0.25) is 9.69 Å². The van der Waals surface area contributed by atoms with Crippen molar-refractivity contribution in [3.63, 3.8) is 0 Å². The Kier molecular flexibility index (Phi) is 5.34. The molecule has 32 heavy (non-hydrogen) atoms. The molecular formula is C26H24N4O2. The van der Waals surface area contributed by atoms with Crippen LogP contribution < -0.4 is 15.5 Å². The van der Waals surface area contributed by atoms with E-state index in [1.807, 2.05) is 54.7 Å². The van der Waals surface area contributed by atoms with E-state index in [2.05, 4.69) is 39.9 Å². The van der Waals surface area contributed by atoms with Crippen LogP contribution >= 0.6 is 0 Å². The number of aromatic amines is 1. The van der Waals surface area contributed by atoms with Crippen LogP contribution in [0.25, 0.3) is 10.9 Å². The summed E-state index contributed by atoms with van der Waals surface area (Å²) < 4.78 is 0. The van der Waals surface area contributed by atoms with Gasteiger partial charge in [0.25, 0.3) is 5.91 Å². The Balaban J connectivity index is 1.43. The van der Waals surface area contributed by atoms with Crippen molar-refractivity contribution in [2.24, 2.45) is 0 Å². The number of urea groups is 1. The van der Waals surface area contributed by atoms with Crippen molar-refractivity contribution in [2.75, 3.05) is 24.5 Å². The van der Waals surface area contributed by atoms with Crippen LogP contribution in [0.5, 0.6) is 0 Å². The zero-order chi connectivity index (χ0) is 21.9. The normalized spacial score (nSPS) is 14.4. The minimum Gasteiger partial charge on any atom is -0.361 e. The molecule has 3 aromatic carbocycles. The second-order valence-electron chi connectivity index (χ2n) is 7.86. The number of fused-ring (bicyclic) bond motifs is 2. The highest BCUT2D eigenvalue weighted by Gasteiger charge is 2.26. The van der Waals surface area contributed by atoms with Gasteiger partial charge in [0.2, 0.25) is 0 Å². The van der Waals surface area contributed by atoms with Gasteiger partial charge >= 0.3 is 6.03 Å². The number of nitrogens with zero attached hydrogens (tertiary/aromatic N) is 1. The van der Waals surface area contributed by atoms with Gasteiger partial charge in [0.1, 0.15) is 0 Å². The summed E-state index contributed by atoms with van der Waals surface area (Å²) >= 11 is 0. The summed E-state index contributed by atoms with van der Waals surface area (Å²) in [5, 5.41) is 7.12. The van der Waals surface area contributed by atoms with Crippen LogP contribution in [0.2, 0.25) is 0 Å². The number of hydrogen-bond donors (Lipinski definition) is 3. The van der Waals surface area contributed by atoms with Gasteiger partial charge in [-0.25, -0.2) is 4.79 Å². The lowest BCUT2D eigenvalue weighted by Crippen LogP contribution is -2.43. The zero-order valence-electron chi connectivity index (χ0n) is 17.5. The predicted molar refractivity (Wildman–Crippen MR) is 126 cm³/mol. The van der Waals surface area contributed by atoms with E-state index in [1.54, 1.807) is 11.0 Å². The number of rotatable bonds is 4. The maximum absolute atomic E-state index is 13.3. The van der Waals surface area contributed by atoms with Crippen LogP contribution in [0, 0.1) is 0 Å². The molecule has 3 amide bonds. The van der Waals surface area contributed by atoms with Gasteiger partial charge in [-0.1, -0.05) is 60.7 Å². The molecule has 5 rings (SSSR count). The van der Waals surface area contributed by atoms with Crippen LogP contribution in [-0.4, -0.2) is 36.6 Å². The van der Waals surface area contributed by atoms with Crippen molar-refractivity contribution in [1.29, 1.82) is 0 Å². The number of anilines is 1. The Morgan fingerprint density at radius 1 is 0.969 bits per heavy atom. The molecule has 6 heteroatoms. The van der Waals surface area contributed by atoms with E-state index in [4.69, 9.17) is 0 Å². The molecule has 1 aliphatic rings. The summed E-state index contributed by atoms with van der Waals surface area (Å²) in [5.41, 5.74) is 4.48. The monoisotopic (exact) mass is 424 g/mol. The molecule has 4 aromatic rings. The molecule has 0 saturated carbocycles. The van der Waals surface area contributed by atoms with Crippen LogP contribution in [0.3, 0.4) is 0 Å². The molecular weight excluding hydrogens is 400 g/mol. The number of nitrogens with one attached hydrogen (secondary N) is 3. The second-order valence-corrected chi connectivity index (χ2v) is 7.86. The van der Waals surface area contributed by atoms with Gasteiger partial charge in [-0.2, -0.15) is 0 Å². The number of benzene rings is 3. The van der Waals surface area contributed by atoms with E-state index in [0.29, 0.717) is 30.9 Å². The second kappa shape index (κ2) is 8.59. The van der Waals surface area contributed by atoms with Crippen LogP contribution in [0.1, 0.15) is 27.4 Å². The lowest BCUT2D eigenvalue weighted by molar-refractivity contribution is 0.0958. The van der Waals surface area contributed by atoms with Gasteiger partial charge in [-0.15, -0.1) is 0 Å². The van der Waals surface area contributed by atoms with E-state index in [-0.39, 0.29) is 17.9 Å². The predicted octanol–water partition coefficient (Wildman–Crippen LogP) is 4.26. The minimum absolute atomic E-state index is 0.0155. The maximum atomic E-state index is 13.3. The Bertz CT molecular complexity index is 1270. The summed E-state index contributed by atoms with van der Waals surface area (Å²) in [6.07, 6.45) is 2.03. The van der Waals surface area contributed by atoms with Crippen LogP contribution in [0.15, 0.2) is 85.1 Å². The molecule has 0 aliphatic carbocycles. The van der Waals surface area contributed by atoms with Gasteiger partial charge in [0.05, 0.1) is 11.3 Å². The number of aromatic nitrogens is 1. The van der Waals surface area contributed by atoms with Crippen molar-refractivity contribution in [3.05, 3.63) is 102 Å². The third-order valence-electron chi connectivity index (χ3n) is 5.96. The number of hydrogen-bond acceptors (Lipinski definition) is 2. The lowest BCUT2D eigenvalue weighted by atomic mass is 9.91. The number of amides is 3. The molecule has 0 bridgehead atoms. The molecule has 1 atom stereocenters. The molecule has 1 aromatic heterocycles. The quantitative estimate of drug-likeness (QED) is 0.458. The molecule has 1 aliphatic heterocycles. The van der Waals surface area contributed by atoms with Crippen molar-refractivity contribution < 1.29 is 9.59 Å². The first-order chi connectivity index (χ1) is 15.7. The summed E-state index contributed by atoms with van der Waals surface area (Å²) in [6, 6.07) is 25.4. The van der Waals surface area contributed by atoms with Crippen molar-refractivity contribution >= 4 is 28.5 Å². The molecule has 0 saturated heterocycles. The van der Waals surface area contributed by atoms with Gasteiger partial charge in [0, 0.05) is 42.7 Å². The first-order valence-corrected chi connectivity index (χ1v) is 10.8. The number of H-pyrrole nitrogens is 1. The van der Waals surface area contributed by atoms with Crippen molar-refractivity contribution in [3.8, 4) is 0 Å². The van der Waals surface area contributed by atoms with Crippen LogP contribution in [-0.2, 0) is 0 Å². The number of carbonyl (C=O) groups is 2. The fraction of sp³-hybridized carbons (Fsp3) is 0.154. The number of para-hydroxylation sites is 2. The fourth-order valence-electron chi connectivity index (χ4n) is 4.37. The van der Waals surface area contributed by atoms with E-state index in [1.165, 1.54) is 0 Å². The lowest BCUT2D eigenvalue weighted by Gasteiger charge is -2.24. The third kappa shape index (κ3) is 3.71. The largest absolute Gasteiger partial charge is 0.361 e. The van der Waals surface area contributed by atoms with E-state index < -0.39 is 0 Å². The summed E-state index contributed by atoms with van der Waals surface area (Å²) in [5.74, 6) is -0.171. The molecule has 160 valence electrons. The molecule has 0 spiro atoms. The zero-order valence-corrected chi connectivity index (χ0v) is 17.5. The Morgan fingerprint density at radius 2 is 1.72 bits per heavy atom. The molecule has 3 N–H and O–H groups in total. The molecule has 0 fully saturated rings. The average Bonchev–Trinajstić information content (AvgIpc) is 3.18. The van der Waals surface area contributed by atoms with E-state index in [0.717, 1.165) is 22.0 Å². The Morgan fingerprint density at radius 3 is 2.59 bits per heavy atom. The average molecular weight is 425 g/mol. The van der Waals surface area contributed by atoms with Crippen molar-refractivity contribution in [1.82, 2.24) is 15.6 Å². The van der Waals surface area contributed by atoms with E-state index in [9.17, 15) is 9.59 Å².